The monoisotopic (exact) mass is 302 g/mol. The van der Waals surface area contributed by atoms with Crippen LogP contribution in [-0.4, -0.2) is 27.5 Å². The van der Waals surface area contributed by atoms with E-state index >= 15 is 0 Å². The van der Waals surface area contributed by atoms with Crippen LogP contribution in [0.3, 0.4) is 0 Å². The van der Waals surface area contributed by atoms with E-state index in [0.717, 1.165) is 12.8 Å². The van der Waals surface area contributed by atoms with E-state index in [1.54, 1.807) is 11.6 Å². The Balaban J connectivity index is 1.74. The fourth-order valence-corrected chi connectivity index (χ4v) is 3.25. The first-order chi connectivity index (χ1) is 9.44. The summed E-state index contributed by atoms with van der Waals surface area (Å²) in [7, 11) is 0. The molecule has 2 saturated carbocycles. The molecule has 1 aromatic heterocycles. The third-order valence-electron chi connectivity index (χ3n) is 4.15. The second kappa shape index (κ2) is 4.73. The number of hydrogen-bond donors (Lipinski definition) is 2. The Morgan fingerprint density at radius 3 is 2.70 bits per heavy atom. The number of aromatic nitrogens is 1. The average Bonchev–Trinajstić information content (AvgIpc) is 3.07. The van der Waals surface area contributed by atoms with Crippen molar-refractivity contribution in [3.8, 4) is 0 Å². The number of thiazole rings is 1. The van der Waals surface area contributed by atoms with Crippen LogP contribution in [0.5, 0.6) is 0 Å². The number of halogens is 2. The molecule has 4 nitrogen and oxygen atoms in total. The van der Waals surface area contributed by atoms with Crippen LogP contribution in [0.15, 0.2) is 11.6 Å². The number of aliphatic hydroxyl groups is 1. The number of hydrogen-bond acceptors (Lipinski definition) is 4. The van der Waals surface area contributed by atoms with Crippen molar-refractivity contribution in [1.29, 1.82) is 0 Å². The molecule has 1 aromatic rings. The zero-order valence-electron chi connectivity index (χ0n) is 10.8. The Morgan fingerprint density at radius 2 is 2.25 bits per heavy atom. The maximum atomic E-state index is 14.1. The zero-order chi connectivity index (χ0) is 14.4. The van der Waals surface area contributed by atoms with Crippen LogP contribution < -0.4 is 5.32 Å². The summed E-state index contributed by atoms with van der Waals surface area (Å²) < 4.78 is 28.1. The van der Waals surface area contributed by atoms with E-state index < -0.39 is 23.5 Å². The van der Waals surface area contributed by atoms with Crippen molar-refractivity contribution in [3.05, 3.63) is 16.6 Å². The van der Waals surface area contributed by atoms with Gasteiger partial charge in [-0.15, -0.1) is 11.3 Å². The quantitative estimate of drug-likeness (QED) is 0.877. The van der Waals surface area contributed by atoms with Crippen molar-refractivity contribution in [2.45, 2.75) is 49.7 Å². The molecule has 20 heavy (non-hydrogen) atoms. The highest BCUT2D eigenvalue weighted by Gasteiger charge is 2.61. The van der Waals surface area contributed by atoms with E-state index in [1.165, 1.54) is 11.3 Å². The van der Waals surface area contributed by atoms with Crippen LogP contribution in [0.1, 0.15) is 43.2 Å². The lowest BCUT2D eigenvalue weighted by atomic mass is 9.75. The van der Waals surface area contributed by atoms with Gasteiger partial charge in [-0.1, -0.05) is 0 Å². The van der Waals surface area contributed by atoms with E-state index in [9.17, 15) is 18.7 Å². The highest BCUT2D eigenvalue weighted by atomic mass is 32.1. The molecule has 1 heterocycles. The highest BCUT2D eigenvalue weighted by molar-refractivity contribution is 7.09. The van der Waals surface area contributed by atoms with Gasteiger partial charge >= 0.3 is 5.92 Å². The van der Waals surface area contributed by atoms with E-state index in [-0.39, 0.29) is 18.8 Å². The molecule has 2 N–H and O–H groups in total. The van der Waals surface area contributed by atoms with Gasteiger partial charge in [-0.3, -0.25) is 4.79 Å². The molecule has 0 spiro atoms. The van der Waals surface area contributed by atoms with Gasteiger partial charge in [-0.05, 0) is 38.0 Å². The predicted molar refractivity (Wildman–Crippen MR) is 69.5 cm³/mol. The van der Waals surface area contributed by atoms with Gasteiger partial charge in [0.05, 0.1) is 6.04 Å². The van der Waals surface area contributed by atoms with Crippen molar-refractivity contribution in [2.24, 2.45) is 5.92 Å². The lowest BCUT2D eigenvalue weighted by Crippen LogP contribution is -2.61. The molecule has 110 valence electrons. The summed E-state index contributed by atoms with van der Waals surface area (Å²) in [6.07, 6.45) is 3.87. The van der Waals surface area contributed by atoms with Crippen LogP contribution in [-0.2, 0) is 4.79 Å². The van der Waals surface area contributed by atoms with Gasteiger partial charge in [-0.25, -0.2) is 4.98 Å². The van der Waals surface area contributed by atoms with Crippen molar-refractivity contribution < 1.29 is 18.7 Å². The molecule has 0 radical (unpaired) electrons. The van der Waals surface area contributed by atoms with Crippen molar-refractivity contribution in [3.63, 3.8) is 0 Å². The minimum absolute atomic E-state index is 0.0290. The van der Waals surface area contributed by atoms with Crippen LogP contribution >= 0.6 is 11.3 Å². The Kier molecular flexibility index (Phi) is 3.29. The molecule has 0 bridgehead atoms. The van der Waals surface area contributed by atoms with Crippen molar-refractivity contribution in [1.82, 2.24) is 10.3 Å². The number of carbonyl (C=O) groups is 1. The minimum atomic E-state index is -3.74. The van der Waals surface area contributed by atoms with Gasteiger partial charge in [0.15, 0.2) is 0 Å². The normalized spacial score (nSPS) is 22.9. The molecule has 3 rings (SSSR count). The predicted octanol–water partition coefficient (Wildman–Crippen LogP) is 2.26. The molecule has 2 aliphatic rings. The van der Waals surface area contributed by atoms with E-state index in [2.05, 4.69) is 10.3 Å². The Hall–Kier alpha value is -1.08. The number of carbonyl (C=O) groups excluding carboxylic acids is 1. The SMILES string of the molecule is O=C(NC(c1nccs1)C1CC1)C(F)(F)C1(O)CCC1. The lowest BCUT2D eigenvalue weighted by molar-refractivity contribution is -0.216. The van der Waals surface area contributed by atoms with E-state index in [1.807, 2.05) is 0 Å². The van der Waals surface area contributed by atoms with Crippen LogP contribution in [0.4, 0.5) is 8.78 Å². The van der Waals surface area contributed by atoms with Gasteiger partial charge in [0.2, 0.25) is 0 Å². The van der Waals surface area contributed by atoms with Crippen molar-refractivity contribution in [2.75, 3.05) is 0 Å². The second-order valence-corrected chi connectivity index (χ2v) is 6.54. The van der Waals surface area contributed by atoms with E-state index in [4.69, 9.17) is 0 Å². The third kappa shape index (κ3) is 2.22. The van der Waals surface area contributed by atoms with Crippen molar-refractivity contribution >= 4 is 17.2 Å². The maximum absolute atomic E-state index is 14.1. The van der Waals surface area contributed by atoms with Gasteiger partial charge in [0.25, 0.3) is 5.91 Å². The number of alkyl halides is 2. The molecular weight excluding hydrogens is 286 g/mol. The molecule has 0 saturated heterocycles. The van der Waals surface area contributed by atoms with Gasteiger partial charge < -0.3 is 10.4 Å². The molecule has 0 aromatic carbocycles. The highest BCUT2D eigenvalue weighted by Crippen LogP contribution is 2.46. The topological polar surface area (TPSA) is 62.2 Å². The summed E-state index contributed by atoms with van der Waals surface area (Å²) in [6, 6.07) is -0.461. The molecular formula is C13H16F2N2O2S. The molecule has 1 atom stereocenters. The first-order valence-corrected chi connectivity index (χ1v) is 7.62. The molecule has 1 amide bonds. The number of rotatable bonds is 5. The number of amides is 1. The summed E-state index contributed by atoms with van der Waals surface area (Å²) in [6.45, 7) is 0. The fraction of sp³-hybridized carbons (Fsp3) is 0.692. The number of nitrogens with one attached hydrogen (secondary N) is 1. The Labute approximate surface area is 119 Å². The van der Waals surface area contributed by atoms with Crippen LogP contribution in [0.25, 0.3) is 0 Å². The first-order valence-electron chi connectivity index (χ1n) is 6.74. The van der Waals surface area contributed by atoms with Gasteiger partial charge in [-0.2, -0.15) is 8.78 Å². The Morgan fingerprint density at radius 1 is 1.55 bits per heavy atom. The second-order valence-electron chi connectivity index (χ2n) is 5.62. The molecule has 2 aliphatic carbocycles. The summed E-state index contributed by atoms with van der Waals surface area (Å²) in [5, 5.41) is 14.6. The maximum Gasteiger partial charge on any atom is 0.352 e. The minimum Gasteiger partial charge on any atom is -0.383 e. The Bertz CT molecular complexity index is 498. The smallest absolute Gasteiger partial charge is 0.352 e. The zero-order valence-corrected chi connectivity index (χ0v) is 11.6. The number of nitrogens with zero attached hydrogens (tertiary/aromatic N) is 1. The summed E-state index contributed by atoms with van der Waals surface area (Å²) in [5.74, 6) is -4.95. The molecule has 2 fully saturated rings. The first kappa shape index (κ1) is 13.9. The lowest BCUT2D eigenvalue weighted by Gasteiger charge is -2.41. The van der Waals surface area contributed by atoms with Gasteiger partial charge in [0.1, 0.15) is 10.6 Å². The van der Waals surface area contributed by atoms with Gasteiger partial charge in [0, 0.05) is 11.6 Å². The third-order valence-corrected chi connectivity index (χ3v) is 5.01. The molecule has 1 unspecified atom stereocenters. The average molecular weight is 302 g/mol. The van der Waals surface area contributed by atoms with Crippen LogP contribution in [0.2, 0.25) is 0 Å². The van der Waals surface area contributed by atoms with Crippen LogP contribution in [0, 0.1) is 5.92 Å². The largest absolute Gasteiger partial charge is 0.383 e. The summed E-state index contributed by atoms with van der Waals surface area (Å²) >= 11 is 1.35. The van der Waals surface area contributed by atoms with E-state index in [0.29, 0.717) is 11.4 Å². The standard InChI is InChI=1S/C13H16F2N2O2S/c14-13(15,12(19)4-1-5-12)11(18)17-9(8-2-3-8)10-16-6-7-20-10/h6-9,19H,1-5H2,(H,17,18). The summed E-state index contributed by atoms with van der Waals surface area (Å²) in [4.78, 5) is 16.0. The fourth-order valence-electron chi connectivity index (χ4n) is 2.47. The molecule has 0 aliphatic heterocycles. The molecule has 7 heteroatoms. The summed E-state index contributed by atoms with van der Waals surface area (Å²) in [5.41, 5.74) is -2.17.